The zero-order chi connectivity index (χ0) is 14.7. The van der Waals surface area contributed by atoms with Gasteiger partial charge in [-0.15, -0.1) is 0 Å². The third kappa shape index (κ3) is 2.57. The van der Waals surface area contributed by atoms with Crippen LogP contribution in [-0.4, -0.2) is 16.1 Å². The maximum absolute atomic E-state index is 13.4. The molecule has 0 bridgehead atoms. The van der Waals surface area contributed by atoms with E-state index in [2.05, 4.69) is 4.98 Å². The number of hydrogen-bond acceptors (Lipinski definition) is 4. The smallest absolute Gasteiger partial charge is 0.337 e. The van der Waals surface area contributed by atoms with Gasteiger partial charge in [0, 0.05) is 6.07 Å². The van der Waals surface area contributed by atoms with Gasteiger partial charge >= 0.3 is 5.97 Å². The van der Waals surface area contributed by atoms with Gasteiger partial charge in [-0.05, 0) is 25.1 Å². The number of carboxylic acid groups (broad SMARTS) is 1. The molecule has 0 aliphatic carbocycles. The van der Waals surface area contributed by atoms with Crippen molar-refractivity contribution in [2.45, 2.75) is 6.92 Å². The van der Waals surface area contributed by atoms with Gasteiger partial charge in [-0.1, -0.05) is 6.07 Å². The molecule has 0 spiro atoms. The van der Waals surface area contributed by atoms with Crippen LogP contribution in [-0.2, 0) is 0 Å². The van der Waals surface area contributed by atoms with Crippen molar-refractivity contribution in [3.63, 3.8) is 0 Å². The van der Waals surface area contributed by atoms with Gasteiger partial charge in [0.05, 0.1) is 11.3 Å². The van der Waals surface area contributed by atoms with E-state index in [1.54, 1.807) is 6.07 Å². The lowest BCUT2D eigenvalue weighted by atomic mass is 10.2. The summed E-state index contributed by atoms with van der Waals surface area (Å²) < 4.78 is 18.7. The second-order valence-electron chi connectivity index (χ2n) is 3.91. The van der Waals surface area contributed by atoms with E-state index >= 15 is 0 Å². The Bertz CT molecular complexity index is 723. The summed E-state index contributed by atoms with van der Waals surface area (Å²) in [5.74, 6) is -1.66. The first-order chi connectivity index (χ1) is 9.52. The van der Waals surface area contributed by atoms with Crippen molar-refractivity contribution in [3.8, 4) is 17.7 Å². The molecule has 1 aromatic heterocycles. The van der Waals surface area contributed by atoms with Gasteiger partial charge in [0.1, 0.15) is 23.2 Å². The number of rotatable bonds is 3. The molecule has 5 nitrogen and oxygen atoms in total. The highest BCUT2D eigenvalue weighted by molar-refractivity contribution is 5.88. The van der Waals surface area contributed by atoms with Crippen molar-refractivity contribution < 1.29 is 19.0 Å². The van der Waals surface area contributed by atoms with E-state index in [1.165, 1.54) is 31.2 Å². The molecule has 0 aliphatic rings. The summed E-state index contributed by atoms with van der Waals surface area (Å²) in [6.45, 7) is 1.52. The lowest BCUT2D eigenvalue weighted by molar-refractivity contribution is 0.0695. The monoisotopic (exact) mass is 272 g/mol. The number of benzene rings is 1. The topological polar surface area (TPSA) is 83.2 Å². The summed E-state index contributed by atoms with van der Waals surface area (Å²) in [7, 11) is 0. The van der Waals surface area contributed by atoms with Gasteiger partial charge in [-0.3, -0.25) is 0 Å². The SMILES string of the molecule is Cc1nc(Oc2cccc(F)c2C#N)ccc1C(=O)O. The third-order valence-electron chi connectivity index (χ3n) is 2.59. The van der Waals surface area contributed by atoms with Crippen LogP contribution < -0.4 is 4.74 Å². The average molecular weight is 272 g/mol. The first-order valence-corrected chi connectivity index (χ1v) is 5.60. The Labute approximate surface area is 113 Å². The fourth-order valence-corrected chi connectivity index (χ4v) is 1.63. The van der Waals surface area contributed by atoms with Crippen molar-refractivity contribution in [3.05, 3.63) is 53.0 Å². The molecule has 0 aliphatic heterocycles. The van der Waals surface area contributed by atoms with Crippen molar-refractivity contribution in [2.75, 3.05) is 0 Å². The number of pyridine rings is 1. The number of carboxylic acids is 1. The summed E-state index contributed by atoms with van der Waals surface area (Å²) in [4.78, 5) is 14.8. The molecule has 6 heteroatoms. The van der Waals surface area contributed by atoms with Crippen molar-refractivity contribution >= 4 is 5.97 Å². The Hall–Kier alpha value is -2.94. The predicted octanol–water partition coefficient (Wildman–Crippen LogP) is 2.89. The first-order valence-electron chi connectivity index (χ1n) is 5.60. The Kier molecular flexibility index (Phi) is 3.62. The van der Waals surface area contributed by atoms with Gasteiger partial charge < -0.3 is 9.84 Å². The van der Waals surface area contributed by atoms with E-state index in [4.69, 9.17) is 15.1 Å². The molecule has 20 heavy (non-hydrogen) atoms. The van der Waals surface area contributed by atoms with E-state index in [1.807, 2.05) is 0 Å². The average Bonchev–Trinajstić information content (AvgIpc) is 2.38. The van der Waals surface area contributed by atoms with Gasteiger partial charge in [-0.25, -0.2) is 14.2 Å². The molecule has 0 unspecified atom stereocenters. The Morgan fingerprint density at radius 3 is 2.75 bits per heavy atom. The third-order valence-corrected chi connectivity index (χ3v) is 2.59. The maximum atomic E-state index is 13.4. The standard InChI is InChI=1S/C14H9FN2O3/c1-8-9(14(18)19)5-6-13(17-8)20-12-4-2-3-11(15)10(12)7-16/h2-6H,1H3,(H,18,19). The molecule has 100 valence electrons. The fourth-order valence-electron chi connectivity index (χ4n) is 1.63. The van der Waals surface area contributed by atoms with Gasteiger partial charge in [0.25, 0.3) is 0 Å². The van der Waals surface area contributed by atoms with Gasteiger partial charge in [0.15, 0.2) is 0 Å². The molecule has 1 heterocycles. The molecule has 1 aromatic carbocycles. The second-order valence-corrected chi connectivity index (χ2v) is 3.91. The Morgan fingerprint density at radius 1 is 1.40 bits per heavy atom. The largest absolute Gasteiger partial charge is 0.478 e. The van der Waals surface area contributed by atoms with Crippen LogP contribution in [0.15, 0.2) is 30.3 Å². The van der Waals surface area contributed by atoms with E-state index in [-0.39, 0.29) is 28.5 Å². The molecule has 1 N–H and O–H groups in total. The summed E-state index contributed by atoms with van der Waals surface area (Å²) in [6, 6.07) is 8.39. The number of nitrogens with zero attached hydrogens (tertiary/aromatic N) is 2. The zero-order valence-electron chi connectivity index (χ0n) is 10.4. The van der Waals surface area contributed by atoms with Crippen LogP contribution in [0.5, 0.6) is 11.6 Å². The molecule has 2 rings (SSSR count). The minimum absolute atomic E-state index is 0.0301. The van der Waals surface area contributed by atoms with Crippen LogP contribution in [0.1, 0.15) is 21.6 Å². The molecule has 0 saturated heterocycles. The lowest BCUT2D eigenvalue weighted by Crippen LogP contribution is -2.02. The summed E-state index contributed by atoms with van der Waals surface area (Å²) >= 11 is 0. The Balaban J connectivity index is 2.37. The highest BCUT2D eigenvalue weighted by Crippen LogP contribution is 2.26. The molecule has 0 amide bonds. The minimum Gasteiger partial charge on any atom is -0.478 e. The number of carbonyl (C=O) groups is 1. The molecule has 0 radical (unpaired) electrons. The summed E-state index contributed by atoms with van der Waals surface area (Å²) in [5.41, 5.74) is 0.0938. The summed E-state index contributed by atoms with van der Waals surface area (Å²) in [6.07, 6.45) is 0. The molecule has 0 fully saturated rings. The molecule has 0 atom stereocenters. The van der Waals surface area contributed by atoms with Crippen LogP contribution >= 0.6 is 0 Å². The number of aryl methyl sites for hydroxylation is 1. The van der Waals surface area contributed by atoms with E-state index in [0.717, 1.165) is 6.07 Å². The van der Waals surface area contributed by atoms with E-state index in [9.17, 15) is 9.18 Å². The normalized spacial score (nSPS) is 9.85. The highest BCUT2D eigenvalue weighted by Gasteiger charge is 2.13. The molecule has 0 saturated carbocycles. The lowest BCUT2D eigenvalue weighted by Gasteiger charge is -2.08. The van der Waals surface area contributed by atoms with E-state index in [0.29, 0.717) is 0 Å². The van der Waals surface area contributed by atoms with Crippen molar-refractivity contribution in [1.82, 2.24) is 4.98 Å². The van der Waals surface area contributed by atoms with Gasteiger partial charge in [-0.2, -0.15) is 5.26 Å². The highest BCUT2D eigenvalue weighted by atomic mass is 19.1. The van der Waals surface area contributed by atoms with Gasteiger partial charge in [0.2, 0.25) is 5.88 Å². The molecule has 2 aromatic rings. The molecular formula is C14H9FN2O3. The minimum atomic E-state index is -1.09. The molecular weight excluding hydrogens is 263 g/mol. The first kappa shape index (κ1) is 13.5. The second kappa shape index (κ2) is 5.36. The van der Waals surface area contributed by atoms with E-state index < -0.39 is 11.8 Å². The Morgan fingerprint density at radius 2 is 2.15 bits per heavy atom. The number of nitriles is 1. The number of aromatic carboxylic acids is 1. The maximum Gasteiger partial charge on any atom is 0.337 e. The van der Waals surface area contributed by atoms with Crippen molar-refractivity contribution in [1.29, 1.82) is 5.26 Å². The quantitative estimate of drug-likeness (QED) is 0.928. The summed E-state index contributed by atoms with van der Waals surface area (Å²) in [5, 5.41) is 17.8. The number of hydrogen-bond donors (Lipinski definition) is 1. The zero-order valence-corrected chi connectivity index (χ0v) is 10.4. The van der Waals surface area contributed by atoms with Crippen LogP contribution in [0.3, 0.4) is 0 Å². The van der Waals surface area contributed by atoms with Crippen LogP contribution in [0.25, 0.3) is 0 Å². The van der Waals surface area contributed by atoms with Crippen LogP contribution in [0, 0.1) is 24.1 Å². The predicted molar refractivity (Wildman–Crippen MR) is 67.1 cm³/mol. The fraction of sp³-hybridized carbons (Fsp3) is 0.0714. The van der Waals surface area contributed by atoms with Crippen LogP contribution in [0.2, 0.25) is 0 Å². The van der Waals surface area contributed by atoms with Crippen molar-refractivity contribution in [2.24, 2.45) is 0 Å². The van der Waals surface area contributed by atoms with Crippen LogP contribution in [0.4, 0.5) is 4.39 Å². The number of ether oxygens (including phenoxy) is 1. The number of aromatic nitrogens is 1. The number of halogens is 1.